The van der Waals surface area contributed by atoms with Crippen LogP contribution < -0.4 is 10.1 Å². The molecule has 0 spiro atoms. The van der Waals surface area contributed by atoms with Gasteiger partial charge in [-0.15, -0.1) is 11.8 Å². The van der Waals surface area contributed by atoms with Crippen molar-refractivity contribution in [3.8, 4) is 5.75 Å². The summed E-state index contributed by atoms with van der Waals surface area (Å²) in [7, 11) is 2.15. The van der Waals surface area contributed by atoms with E-state index in [2.05, 4.69) is 17.3 Å². The van der Waals surface area contributed by atoms with Crippen molar-refractivity contribution in [2.24, 2.45) is 0 Å². The third-order valence-electron chi connectivity index (χ3n) is 3.56. The number of amides is 1. The summed E-state index contributed by atoms with van der Waals surface area (Å²) in [6.07, 6.45) is 2.36. The van der Waals surface area contributed by atoms with Crippen LogP contribution in [0.5, 0.6) is 5.75 Å². The van der Waals surface area contributed by atoms with Gasteiger partial charge >= 0.3 is 0 Å². The molecule has 1 fully saturated rings. The van der Waals surface area contributed by atoms with Crippen molar-refractivity contribution in [2.45, 2.75) is 25.0 Å². The highest BCUT2D eigenvalue weighted by atomic mass is 32.2. The highest BCUT2D eigenvalue weighted by Gasteiger charge is 2.17. The number of piperidine rings is 1. The quantitative estimate of drug-likeness (QED) is 0.877. The number of anilines is 1. The maximum Gasteiger partial charge on any atom is 0.234 e. The number of hydrogen-bond acceptors (Lipinski definition) is 4. The minimum atomic E-state index is 0.0723. The third kappa shape index (κ3) is 5.59. The lowest BCUT2D eigenvalue weighted by atomic mass is 10.1. The second kappa shape index (κ2) is 8.29. The number of nitrogens with one attached hydrogen (secondary N) is 1. The first-order valence-electron chi connectivity index (χ1n) is 7.50. The van der Waals surface area contributed by atoms with E-state index in [0.29, 0.717) is 17.6 Å². The standard InChI is InChI=1S/C16H24N2O2S/c1-3-20-14-6-4-13(5-7-14)17-16(19)12-21-15-8-10-18(2)11-9-15/h4-7,15H,3,8-12H2,1-2H3,(H,17,19). The Morgan fingerprint density at radius 3 is 2.62 bits per heavy atom. The van der Waals surface area contributed by atoms with Crippen LogP contribution in [0.15, 0.2) is 24.3 Å². The molecule has 1 aromatic carbocycles. The average Bonchev–Trinajstić information content (AvgIpc) is 2.49. The molecule has 0 radical (unpaired) electrons. The zero-order chi connectivity index (χ0) is 15.1. The van der Waals surface area contributed by atoms with Gasteiger partial charge in [-0.2, -0.15) is 0 Å². The maximum absolute atomic E-state index is 12.0. The number of rotatable bonds is 6. The highest BCUT2D eigenvalue weighted by Crippen LogP contribution is 2.23. The smallest absolute Gasteiger partial charge is 0.234 e. The second-order valence-electron chi connectivity index (χ2n) is 5.32. The Hall–Kier alpha value is -1.20. The van der Waals surface area contributed by atoms with Gasteiger partial charge in [0.2, 0.25) is 5.91 Å². The van der Waals surface area contributed by atoms with E-state index in [0.717, 1.165) is 24.5 Å². The minimum absolute atomic E-state index is 0.0723. The van der Waals surface area contributed by atoms with Crippen molar-refractivity contribution < 1.29 is 9.53 Å². The summed E-state index contributed by atoms with van der Waals surface area (Å²) in [6.45, 7) is 4.88. The molecule has 1 amide bonds. The predicted octanol–water partition coefficient (Wildman–Crippen LogP) is 2.85. The SMILES string of the molecule is CCOc1ccc(NC(=O)CSC2CCN(C)CC2)cc1. The van der Waals surface area contributed by atoms with Crippen molar-refractivity contribution in [2.75, 3.05) is 37.8 Å². The molecule has 1 aliphatic rings. The molecule has 0 aromatic heterocycles. The van der Waals surface area contributed by atoms with Crippen LogP contribution in [0.1, 0.15) is 19.8 Å². The van der Waals surface area contributed by atoms with Gasteiger partial charge in [0.1, 0.15) is 5.75 Å². The van der Waals surface area contributed by atoms with E-state index in [9.17, 15) is 4.79 Å². The first-order valence-corrected chi connectivity index (χ1v) is 8.55. The molecule has 1 heterocycles. The maximum atomic E-state index is 12.0. The Bertz CT molecular complexity index is 442. The topological polar surface area (TPSA) is 41.6 Å². The number of thioether (sulfide) groups is 1. The molecule has 116 valence electrons. The Labute approximate surface area is 131 Å². The lowest BCUT2D eigenvalue weighted by molar-refractivity contribution is -0.113. The van der Waals surface area contributed by atoms with E-state index in [1.807, 2.05) is 31.2 Å². The first kappa shape index (κ1) is 16.2. The average molecular weight is 308 g/mol. The van der Waals surface area contributed by atoms with Crippen molar-refractivity contribution in [1.29, 1.82) is 0 Å². The summed E-state index contributed by atoms with van der Waals surface area (Å²) in [4.78, 5) is 14.3. The molecule has 0 aliphatic carbocycles. The second-order valence-corrected chi connectivity index (χ2v) is 6.61. The monoisotopic (exact) mass is 308 g/mol. The molecule has 1 N–H and O–H groups in total. The van der Waals surface area contributed by atoms with Crippen molar-refractivity contribution in [1.82, 2.24) is 4.90 Å². The Morgan fingerprint density at radius 1 is 1.33 bits per heavy atom. The van der Waals surface area contributed by atoms with Crippen molar-refractivity contribution in [3.63, 3.8) is 0 Å². The molecule has 0 bridgehead atoms. The van der Waals surface area contributed by atoms with Gasteiger partial charge in [0, 0.05) is 10.9 Å². The third-order valence-corrected chi connectivity index (χ3v) is 4.94. The summed E-state index contributed by atoms with van der Waals surface area (Å²) in [5, 5.41) is 3.55. The lowest BCUT2D eigenvalue weighted by Gasteiger charge is -2.28. The van der Waals surface area contributed by atoms with Gasteiger partial charge in [-0.1, -0.05) is 0 Å². The number of nitrogens with zero attached hydrogens (tertiary/aromatic N) is 1. The first-order chi connectivity index (χ1) is 10.2. The van der Waals surface area contributed by atoms with Gasteiger partial charge in [-0.3, -0.25) is 4.79 Å². The normalized spacial score (nSPS) is 16.7. The Morgan fingerprint density at radius 2 is 2.00 bits per heavy atom. The van der Waals surface area contributed by atoms with Crippen molar-refractivity contribution >= 4 is 23.4 Å². The van der Waals surface area contributed by atoms with Crippen molar-refractivity contribution in [3.05, 3.63) is 24.3 Å². The molecular weight excluding hydrogens is 284 g/mol. The molecule has 2 rings (SSSR count). The lowest BCUT2D eigenvalue weighted by Crippen LogP contribution is -2.32. The fraction of sp³-hybridized carbons (Fsp3) is 0.562. The Balaban J connectivity index is 1.71. The molecule has 4 nitrogen and oxygen atoms in total. The van der Waals surface area contributed by atoms with Gasteiger partial charge in [-0.25, -0.2) is 0 Å². The number of hydrogen-bond donors (Lipinski definition) is 1. The van der Waals surface area contributed by atoms with Crippen LogP contribution in [0.2, 0.25) is 0 Å². The molecule has 0 atom stereocenters. The number of ether oxygens (including phenoxy) is 1. The highest BCUT2D eigenvalue weighted by molar-refractivity contribution is 8.00. The molecular formula is C16H24N2O2S. The van der Waals surface area contributed by atoms with E-state index >= 15 is 0 Å². The minimum Gasteiger partial charge on any atom is -0.494 e. The number of carbonyl (C=O) groups excluding carboxylic acids is 1. The van der Waals surface area contributed by atoms with Gasteiger partial charge < -0.3 is 15.0 Å². The summed E-state index contributed by atoms with van der Waals surface area (Å²) < 4.78 is 5.38. The fourth-order valence-corrected chi connectivity index (χ4v) is 3.35. The van der Waals surface area contributed by atoms with Crippen LogP contribution >= 0.6 is 11.8 Å². The molecule has 21 heavy (non-hydrogen) atoms. The Kier molecular flexibility index (Phi) is 6.39. The van der Waals surface area contributed by atoms with E-state index in [1.165, 1.54) is 12.8 Å². The number of benzene rings is 1. The molecule has 0 saturated carbocycles. The largest absolute Gasteiger partial charge is 0.494 e. The molecule has 1 aromatic rings. The number of likely N-dealkylation sites (tertiary alicyclic amines) is 1. The van der Waals surface area contributed by atoms with Gasteiger partial charge in [0.25, 0.3) is 0 Å². The van der Waals surface area contributed by atoms with Gasteiger partial charge in [0.05, 0.1) is 12.4 Å². The van der Waals surface area contributed by atoms with Crippen LogP contribution in [0.25, 0.3) is 0 Å². The van der Waals surface area contributed by atoms with Crippen LogP contribution in [-0.4, -0.2) is 48.6 Å². The van der Waals surface area contributed by atoms with Crippen LogP contribution in [-0.2, 0) is 4.79 Å². The van der Waals surface area contributed by atoms with E-state index in [-0.39, 0.29) is 5.91 Å². The van der Waals surface area contributed by atoms with Crippen LogP contribution in [0.4, 0.5) is 5.69 Å². The van der Waals surface area contributed by atoms with Crippen LogP contribution in [0.3, 0.4) is 0 Å². The van der Waals surface area contributed by atoms with E-state index in [1.54, 1.807) is 11.8 Å². The van der Waals surface area contributed by atoms with E-state index < -0.39 is 0 Å². The fourth-order valence-electron chi connectivity index (χ4n) is 2.34. The van der Waals surface area contributed by atoms with E-state index in [4.69, 9.17) is 4.74 Å². The summed E-state index contributed by atoms with van der Waals surface area (Å²) >= 11 is 1.77. The number of carbonyl (C=O) groups is 1. The predicted molar refractivity (Wildman–Crippen MR) is 89.2 cm³/mol. The van der Waals surface area contributed by atoms with Gasteiger partial charge in [-0.05, 0) is 64.2 Å². The summed E-state index contributed by atoms with van der Waals surface area (Å²) in [6, 6.07) is 7.51. The summed E-state index contributed by atoms with van der Waals surface area (Å²) in [5.74, 6) is 1.43. The molecule has 5 heteroatoms. The molecule has 1 aliphatic heterocycles. The zero-order valence-corrected chi connectivity index (χ0v) is 13.6. The molecule has 1 saturated heterocycles. The van der Waals surface area contributed by atoms with Crippen LogP contribution in [0, 0.1) is 0 Å². The van der Waals surface area contributed by atoms with Gasteiger partial charge in [0.15, 0.2) is 0 Å². The summed E-state index contributed by atoms with van der Waals surface area (Å²) in [5.41, 5.74) is 0.826. The zero-order valence-electron chi connectivity index (χ0n) is 12.8. The molecule has 0 unspecified atom stereocenters.